The van der Waals surface area contributed by atoms with Crippen molar-refractivity contribution < 1.29 is 9.90 Å². The molecule has 1 N–H and O–H groups in total. The van der Waals surface area contributed by atoms with Crippen molar-refractivity contribution in [2.45, 2.75) is 0 Å². The fourth-order valence-corrected chi connectivity index (χ4v) is 4.79. The number of hydrogen-bond acceptors (Lipinski definition) is 1. The molecule has 0 aliphatic heterocycles. The van der Waals surface area contributed by atoms with Crippen molar-refractivity contribution in [2.75, 3.05) is 0 Å². The van der Waals surface area contributed by atoms with E-state index >= 15 is 0 Å². The summed E-state index contributed by atoms with van der Waals surface area (Å²) in [5.41, 5.74) is 0.400. The van der Waals surface area contributed by atoms with E-state index in [1.165, 1.54) is 0 Å². The Morgan fingerprint density at radius 1 is 1.00 bits per heavy atom. The Hall–Kier alpha value is 1.75. The third kappa shape index (κ3) is 6.29. The summed E-state index contributed by atoms with van der Waals surface area (Å²) < 4.78 is 2.64. The van der Waals surface area contributed by atoms with E-state index in [-0.39, 0.29) is 37.2 Å². The Labute approximate surface area is 147 Å². The molecule has 0 saturated carbocycles. The lowest BCUT2D eigenvalue weighted by molar-refractivity contribution is 0.0694. The van der Waals surface area contributed by atoms with Crippen molar-refractivity contribution in [3.05, 3.63) is 28.4 Å². The lowest BCUT2D eigenvalue weighted by Crippen LogP contribution is -2.03. The minimum absolute atomic E-state index is 0. The predicted molar refractivity (Wildman–Crippen MR) is 93.3 cm³/mol. The van der Waals surface area contributed by atoms with E-state index in [1.54, 1.807) is 0 Å². The molecule has 0 spiro atoms. The van der Waals surface area contributed by atoms with Crippen LogP contribution in [0.1, 0.15) is 10.4 Å². The van der Waals surface area contributed by atoms with E-state index in [4.69, 9.17) is 5.11 Å². The molecule has 0 saturated heterocycles. The number of carbonyl (C=O) groups is 1. The van der Waals surface area contributed by atoms with Crippen molar-refractivity contribution in [3.8, 4) is 0 Å². The molecule has 0 bridgehead atoms. The Kier molecular flexibility index (Phi) is 14.3. The summed E-state index contributed by atoms with van der Waals surface area (Å²) in [6, 6.07) is 3.71. The van der Waals surface area contributed by atoms with Crippen LogP contribution < -0.4 is 0 Å². The van der Waals surface area contributed by atoms with E-state index in [2.05, 4.69) is 22.6 Å². The highest BCUT2D eigenvalue weighted by molar-refractivity contribution is 14.1. The zero-order valence-electron chi connectivity index (χ0n) is 6.87. The summed E-state index contributed by atoms with van der Waals surface area (Å²) in [7, 11) is 0. The highest BCUT2D eigenvalue weighted by Gasteiger charge is 2.12. The van der Waals surface area contributed by atoms with Crippen molar-refractivity contribution >= 4 is 111 Å². The Morgan fingerprint density at radius 2 is 1.33 bits per heavy atom. The molecule has 1 aromatic rings. The smallest absolute Gasteiger partial charge is 0.337 e. The SMILES string of the molecule is Cl.Cl.Cl.O=C(O)c1c(I)cc(I)cc1I. The molecule has 2 nitrogen and oxygen atoms in total. The van der Waals surface area contributed by atoms with Gasteiger partial charge in [-0.25, -0.2) is 4.79 Å². The van der Waals surface area contributed by atoms with Crippen molar-refractivity contribution in [2.24, 2.45) is 0 Å². The van der Waals surface area contributed by atoms with Gasteiger partial charge in [-0.05, 0) is 79.9 Å². The molecular formula is C7H6Cl3I3O2. The lowest BCUT2D eigenvalue weighted by atomic mass is 10.2. The first-order chi connectivity index (χ1) is 5.52. The second kappa shape index (κ2) is 9.75. The first-order valence-corrected chi connectivity index (χ1v) is 6.14. The van der Waals surface area contributed by atoms with Crippen LogP contribution in [0.15, 0.2) is 12.1 Å². The molecule has 0 atom stereocenters. The standard InChI is InChI=1S/C7H3I3O2.3ClH/c8-3-1-4(9)6(7(11)12)5(10)2-3;;;/h1-2H,(H,11,12);3*1H. The average Bonchev–Trinajstić information content (AvgIpc) is 1.82. The molecule has 88 valence electrons. The molecule has 0 aliphatic rings. The topological polar surface area (TPSA) is 37.3 Å². The molecule has 15 heavy (non-hydrogen) atoms. The number of halogens is 6. The third-order valence-electron chi connectivity index (χ3n) is 1.22. The van der Waals surface area contributed by atoms with Gasteiger partial charge >= 0.3 is 5.97 Å². The molecule has 1 rings (SSSR count). The first-order valence-electron chi connectivity index (χ1n) is 2.90. The lowest BCUT2D eigenvalue weighted by Gasteiger charge is -2.02. The molecule has 0 aliphatic carbocycles. The minimum atomic E-state index is -0.861. The molecule has 0 unspecified atom stereocenters. The van der Waals surface area contributed by atoms with Crippen LogP contribution in [-0.2, 0) is 0 Å². The Bertz CT molecular complexity index is 323. The van der Waals surface area contributed by atoms with Gasteiger partial charge in [0.2, 0.25) is 0 Å². The van der Waals surface area contributed by atoms with Crippen LogP contribution in [-0.4, -0.2) is 11.1 Å². The van der Waals surface area contributed by atoms with Gasteiger partial charge in [0, 0.05) is 10.7 Å². The molecule has 8 heteroatoms. The van der Waals surface area contributed by atoms with Crippen molar-refractivity contribution in [3.63, 3.8) is 0 Å². The molecule has 1 aromatic carbocycles. The van der Waals surface area contributed by atoms with Gasteiger partial charge in [-0.1, -0.05) is 0 Å². The number of aromatic carboxylic acids is 1. The van der Waals surface area contributed by atoms with Gasteiger partial charge in [-0.2, -0.15) is 0 Å². The summed E-state index contributed by atoms with van der Waals surface area (Å²) in [6.07, 6.45) is 0. The second-order valence-electron chi connectivity index (χ2n) is 2.05. The van der Waals surface area contributed by atoms with Crippen LogP contribution in [0.3, 0.4) is 0 Å². The number of carboxylic acid groups (broad SMARTS) is 1. The molecular weight excluding hydrogens is 603 g/mol. The fraction of sp³-hybridized carbons (Fsp3) is 0. The summed E-state index contributed by atoms with van der Waals surface area (Å²) in [5.74, 6) is -0.861. The van der Waals surface area contributed by atoms with Gasteiger partial charge in [0.25, 0.3) is 0 Å². The van der Waals surface area contributed by atoms with Crippen molar-refractivity contribution in [1.82, 2.24) is 0 Å². The maximum absolute atomic E-state index is 10.7. The van der Waals surface area contributed by atoms with Gasteiger partial charge in [-0.15, -0.1) is 37.2 Å². The predicted octanol–water partition coefficient (Wildman–Crippen LogP) is 4.46. The van der Waals surface area contributed by atoms with E-state index in [1.807, 2.05) is 57.3 Å². The second-order valence-corrected chi connectivity index (χ2v) is 5.62. The van der Waals surface area contributed by atoms with Crippen LogP contribution in [0.2, 0.25) is 0 Å². The summed E-state index contributed by atoms with van der Waals surface area (Å²) in [4.78, 5) is 10.7. The normalized spacial score (nSPS) is 7.93. The maximum atomic E-state index is 10.7. The number of rotatable bonds is 1. The molecule has 0 heterocycles. The Morgan fingerprint density at radius 3 is 1.60 bits per heavy atom. The number of hydrogen-bond donors (Lipinski definition) is 1. The summed E-state index contributed by atoms with van der Waals surface area (Å²) >= 11 is 6.24. The van der Waals surface area contributed by atoms with E-state index in [0.29, 0.717) is 5.56 Å². The van der Waals surface area contributed by atoms with Gasteiger partial charge in [0.1, 0.15) is 0 Å². The molecule has 0 aromatic heterocycles. The van der Waals surface area contributed by atoms with E-state index in [0.717, 1.165) is 10.7 Å². The monoisotopic (exact) mass is 608 g/mol. The van der Waals surface area contributed by atoms with Crippen LogP contribution >= 0.6 is 105 Å². The van der Waals surface area contributed by atoms with Gasteiger partial charge in [-0.3, -0.25) is 0 Å². The Balaban J connectivity index is -0.000000480. The molecule has 0 amide bonds. The fourth-order valence-electron chi connectivity index (χ4n) is 0.747. The van der Waals surface area contributed by atoms with Crippen molar-refractivity contribution in [1.29, 1.82) is 0 Å². The highest BCUT2D eigenvalue weighted by atomic mass is 127. The zero-order chi connectivity index (χ0) is 9.30. The maximum Gasteiger partial charge on any atom is 0.337 e. The molecule has 0 fully saturated rings. The number of benzene rings is 1. The quantitative estimate of drug-likeness (QED) is 0.478. The van der Waals surface area contributed by atoms with Crippen LogP contribution in [0, 0.1) is 10.7 Å². The summed E-state index contributed by atoms with van der Waals surface area (Å²) in [6.45, 7) is 0. The van der Waals surface area contributed by atoms with Gasteiger partial charge < -0.3 is 5.11 Å². The average molecular weight is 609 g/mol. The van der Waals surface area contributed by atoms with Gasteiger partial charge in [0.05, 0.1) is 5.56 Å². The summed E-state index contributed by atoms with van der Waals surface area (Å²) in [5, 5.41) is 8.83. The largest absolute Gasteiger partial charge is 0.478 e. The highest BCUT2D eigenvalue weighted by Crippen LogP contribution is 2.22. The number of carboxylic acids is 1. The van der Waals surface area contributed by atoms with Crippen LogP contribution in [0.4, 0.5) is 0 Å². The first kappa shape index (κ1) is 22.0. The van der Waals surface area contributed by atoms with Crippen LogP contribution in [0.25, 0.3) is 0 Å². The van der Waals surface area contributed by atoms with Crippen LogP contribution in [0.5, 0.6) is 0 Å². The van der Waals surface area contributed by atoms with E-state index in [9.17, 15) is 4.79 Å². The van der Waals surface area contributed by atoms with E-state index < -0.39 is 5.97 Å². The minimum Gasteiger partial charge on any atom is -0.478 e. The third-order valence-corrected chi connectivity index (χ3v) is 3.55. The zero-order valence-corrected chi connectivity index (χ0v) is 15.8. The molecule has 0 radical (unpaired) electrons. The van der Waals surface area contributed by atoms with Gasteiger partial charge in [0.15, 0.2) is 0 Å².